The van der Waals surface area contributed by atoms with Gasteiger partial charge in [-0.2, -0.15) is 13.2 Å². The van der Waals surface area contributed by atoms with E-state index >= 15 is 0 Å². The van der Waals surface area contributed by atoms with Crippen LogP contribution in [0.2, 0.25) is 0 Å². The number of nitrogens with one attached hydrogen (secondary N) is 1. The maximum absolute atomic E-state index is 12.6. The maximum atomic E-state index is 12.6. The van der Waals surface area contributed by atoms with E-state index in [0.29, 0.717) is 29.0 Å². The minimum Gasteiger partial charge on any atom is -0.481 e. The number of hydrogen-bond acceptors (Lipinski definition) is 3. The first-order valence-corrected chi connectivity index (χ1v) is 8.60. The first-order valence-electron chi connectivity index (χ1n) is 8.60. The number of anilines is 1. The molecular formula is C18H21F3N2O4. The number of halogens is 3. The second-order valence-corrected chi connectivity index (χ2v) is 6.55. The van der Waals surface area contributed by atoms with Crippen LogP contribution in [0.5, 0.6) is 0 Å². The van der Waals surface area contributed by atoms with Gasteiger partial charge in [0.05, 0.1) is 5.92 Å². The zero-order valence-electron chi connectivity index (χ0n) is 14.8. The number of carbonyl (C=O) groups excluding carboxylic acids is 2. The quantitative estimate of drug-likeness (QED) is 0.787. The van der Waals surface area contributed by atoms with Crippen molar-refractivity contribution in [1.82, 2.24) is 4.90 Å². The molecule has 27 heavy (non-hydrogen) atoms. The van der Waals surface area contributed by atoms with Crippen molar-refractivity contribution in [1.29, 1.82) is 0 Å². The number of carbonyl (C=O) groups is 3. The fourth-order valence-corrected chi connectivity index (χ4v) is 3.16. The number of carboxylic acid groups (broad SMARTS) is 1. The number of benzene rings is 1. The maximum Gasteiger partial charge on any atom is 0.471 e. The Balaban J connectivity index is 2.01. The van der Waals surface area contributed by atoms with Gasteiger partial charge in [0.1, 0.15) is 0 Å². The summed E-state index contributed by atoms with van der Waals surface area (Å²) in [5.41, 5.74) is 0.842. The third-order valence-electron chi connectivity index (χ3n) is 4.63. The van der Waals surface area contributed by atoms with E-state index in [9.17, 15) is 27.6 Å². The van der Waals surface area contributed by atoms with Crippen molar-refractivity contribution in [3.8, 4) is 0 Å². The summed E-state index contributed by atoms with van der Waals surface area (Å²) in [5, 5.41) is 11.7. The molecule has 2 amide bonds. The summed E-state index contributed by atoms with van der Waals surface area (Å²) in [7, 11) is 0. The van der Waals surface area contributed by atoms with Crippen LogP contribution in [0.15, 0.2) is 24.3 Å². The molecule has 2 atom stereocenters. The molecule has 2 N–H and O–H groups in total. The average Bonchev–Trinajstić information content (AvgIpc) is 3.09. The van der Waals surface area contributed by atoms with Crippen LogP contribution in [-0.2, 0) is 20.9 Å². The highest BCUT2D eigenvalue weighted by Gasteiger charge is 2.42. The number of carboxylic acids is 1. The predicted molar refractivity (Wildman–Crippen MR) is 90.7 cm³/mol. The Morgan fingerprint density at radius 3 is 2.44 bits per heavy atom. The highest BCUT2D eigenvalue weighted by atomic mass is 19.4. The Kier molecular flexibility index (Phi) is 6.45. The van der Waals surface area contributed by atoms with Gasteiger partial charge in [0.2, 0.25) is 5.91 Å². The van der Waals surface area contributed by atoms with E-state index in [0.717, 1.165) is 0 Å². The van der Waals surface area contributed by atoms with Gasteiger partial charge in [0.15, 0.2) is 0 Å². The number of nitrogens with zero attached hydrogens (tertiary/aromatic N) is 1. The molecule has 0 bridgehead atoms. The lowest BCUT2D eigenvalue weighted by Crippen LogP contribution is -2.40. The van der Waals surface area contributed by atoms with Crippen LogP contribution >= 0.6 is 0 Å². The van der Waals surface area contributed by atoms with Crippen molar-refractivity contribution >= 4 is 23.5 Å². The monoisotopic (exact) mass is 386 g/mol. The molecule has 1 saturated carbocycles. The summed E-state index contributed by atoms with van der Waals surface area (Å²) >= 11 is 0. The van der Waals surface area contributed by atoms with Crippen molar-refractivity contribution in [2.24, 2.45) is 11.8 Å². The molecule has 6 nitrogen and oxygen atoms in total. The van der Waals surface area contributed by atoms with Crippen LogP contribution in [0.3, 0.4) is 0 Å². The van der Waals surface area contributed by atoms with Crippen molar-refractivity contribution in [2.75, 3.05) is 11.9 Å². The molecule has 1 fully saturated rings. The van der Waals surface area contributed by atoms with Gasteiger partial charge in [-0.25, -0.2) is 0 Å². The second kappa shape index (κ2) is 8.41. The SMILES string of the molecule is CCN(Cc1cccc(NC(=O)[C@@H]2CC[C@H](C(=O)O)C2)c1)C(=O)C(F)(F)F. The lowest BCUT2D eigenvalue weighted by atomic mass is 10.0. The molecular weight excluding hydrogens is 365 g/mol. The van der Waals surface area contributed by atoms with Gasteiger partial charge in [-0.3, -0.25) is 14.4 Å². The topological polar surface area (TPSA) is 86.7 Å². The lowest BCUT2D eigenvalue weighted by Gasteiger charge is -2.22. The molecule has 0 heterocycles. The molecule has 1 aliphatic rings. The second-order valence-electron chi connectivity index (χ2n) is 6.55. The molecule has 1 aliphatic carbocycles. The molecule has 1 aromatic rings. The number of alkyl halides is 3. The Bertz CT molecular complexity index is 721. The van der Waals surface area contributed by atoms with E-state index in [1.165, 1.54) is 13.0 Å². The number of rotatable bonds is 6. The van der Waals surface area contributed by atoms with E-state index in [-0.39, 0.29) is 25.4 Å². The van der Waals surface area contributed by atoms with Gasteiger partial charge in [-0.1, -0.05) is 12.1 Å². The van der Waals surface area contributed by atoms with Gasteiger partial charge >= 0.3 is 18.1 Å². The van der Waals surface area contributed by atoms with Gasteiger partial charge in [0.25, 0.3) is 0 Å². The van der Waals surface area contributed by atoms with Gasteiger partial charge in [-0.15, -0.1) is 0 Å². The molecule has 0 saturated heterocycles. The molecule has 9 heteroatoms. The highest BCUT2D eigenvalue weighted by Crippen LogP contribution is 2.32. The van der Waals surface area contributed by atoms with Crippen molar-refractivity contribution in [2.45, 2.75) is 38.9 Å². The molecule has 1 aromatic carbocycles. The summed E-state index contributed by atoms with van der Waals surface area (Å²) < 4.78 is 37.8. The average molecular weight is 386 g/mol. The van der Waals surface area contributed by atoms with E-state index in [1.54, 1.807) is 18.2 Å². The largest absolute Gasteiger partial charge is 0.481 e. The molecule has 0 aromatic heterocycles. The third kappa shape index (κ3) is 5.45. The summed E-state index contributed by atoms with van der Waals surface area (Å²) in [4.78, 5) is 35.4. The minimum atomic E-state index is -4.94. The van der Waals surface area contributed by atoms with Crippen molar-refractivity contribution in [3.05, 3.63) is 29.8 Å². The summed E-state index contributed by atoms with van der Waals surface area (Å²) in [6, 6.07) is 6.24. The number of hydrogen-bond donors (Lipinski definition) is 2. The molecule has 0 radical (unpaired) electrons. The minimum absolute atomic E-state index is 0.104. The highest BCUT2D eigenvalue weighted by molar-refractivity contribution is 5.93. The fraction of sp³-hybridized carbons (Fsp3) is 0.500. The third-order valence-corrected chi connectivity index (χ3v) is 4.63. The van der Waals surface area contributed by atoms with Crippen molar-refractivity contribution < 1.29 is 32.7 Å². The standard InChI is InChI=1S/C18H21F3N2O4/c1-2-23(17(27)18(19,20)21)10-11-4-3-5-14(8-11)22-15(24)12-6-7-13(9-12)16(25)26/h3-5,8,12-13H,2,6-7,9-10H2,1H3,(H,22,24)(H,25,26)/t12-,13+/m1/s1. The number of aliphatic carboxylic acids is 1. The molecule has 2 rings (SSSR count). The summed E-state index contributed by atoms with van der Waals surface area (Å²) in [6.45, 7) is 1.12. The first-order chi connectivity index (χ1) is 12.6. The van der Waals surface area contributed by atoms with Crippen LogP contribution in [0.25, 0.3) is 0 Å². The molecule has 0 unspecified atom stereocenters. The van der Waals surface area contributed by atoms with Crippen LogP contribution < -0.4 is 5.32 Å². The molecule has 0 spiro atoms. The zero-order valence-corrected chi connectivity index (χ0v) is 14.8. The van der Waals surface area contributed by atoms with E-state index in [2.05, 4.69) is 5.32 Å². The van der Waals surface area contributed by atoms with Gasteiger partial charge in [-0.05, 0) is 43.9 Å². The smallest absolute Gasteiger partial charge is 0.471 e. The first kappa shape index (κ1) is 20.7. The predicted octanol–water partition coefficient (Wildman–Crippen LogP) is 3.04. The Labute approximate surface area is 154 Å². The Morgan fingerprint density at radius 2 is 1.89 bits per heavy atom. The van der Waals surface area contributed by atoms with Crippen LogP contribution in [-0.4, -0.2) is 40.5 Å². The van der Waals surface area contributed by atoms with Gasteiger partial charge in [0, 0.05) is 24.7 Å². The summed E-state index contributed by atoms with van der Waals surface area (Å²) in [6.07, 6.45) is -3.75. The van der Waals surface area contributed by atoms with Gasteiger partial charge < -0.3 is 15.3 Å². The van der Waals surface area contributed by atoms with Crippen LogP contribution in [0, 0.1) is 11.8 Å². The van der Waals surface area contributed by atoms with Crippen LogP contribution in [0.1, 0.15) is 31.7 Å². The normalized spacial score (nSPS) is 19.6. The zero-order chi connectivity index (χ0) is 20.2. The molecule has 148 valence electrons. The fourth-order valence-electron chi connectivity index (χ4n) is 3.16. The van der Waals surface area contributed by atoms with E-state index < -0.39 is 29.9 Å². The Hall–Kier alpha value is -2.58. The van der Waals surface area contributed by atoms with Crippen molar-refractivity contribution in [3.63, 3.8) is 0 Å². The number of amides is 2. The van der Waals surface area contributed by atoms with E-state index in [1.807, 2.05) is 0 Å². The van der Waals surface area contributed by atoms with Crippen LogP contribution in [0.4, 0.5) is 18.9 Å². The Morgan fingerprint density at radius 1 is 1.22 bits per heavy atom. The molecule has 0 aliphatic heterocycles. The van der Waals surface area contributed by atoms with E-state index in [4.69, 9.17) is 5.11 Å². The lowest BCUT2D eigenvalue weighted by molar-refractivity contribution is -0.185. The summed E-state index contributed by atoms with van der Waals surface area (Å²) in [5.74, 6) is -4.08.